The molecule has 0 atom stereocenters. The van der Waals surface area contributed by atoms with Crippen molar-refractivity contribution in [2.75, 3.05) is 5.73 Å². The fraction of sp³-hybridized carbons (Fsp3) is 0. The molecule has 0 saturated carbocycles. The van der Waals surface area contributed by atoms with Gasteiger partial charge >= 0.3 is 0 Å². The molecule has 0 aliphatic carbocycles. The second kappa shape index (κ2) is 4.29. The molecule has 0 saturated heterocycles. The van der Waals surface area contributed by atoms with Crippen molar-refractivity contribution in [3.8, 4) is 11.6 Å². The lowest BCUT2D eigenvalue weighted by molar-refractivity contribution is 0.454. The molecule has 0 amide bonds. The van der Waals surface area contributed by atoms with E-state index in [0.29, 0.717) is 17.4 Å². The van der Waals surface area contributed by atoms with E-state index >= 15 is 0 Å². The Morgan fingerprint density at radius 3 is 2.72 bits per heavy atom. The molecule has 0 spiro atoms. The zero-order valence-corrected chi connectivity index (χ0v) is 9.45. The van der Waals surface area contributed by atoms with Crippen molar-refractivity contribution in [3.63, 3.8) is 0 Å². The molecule has 18 heavy (non-hydrogen) atoms. The highest BCUT2D eigenvalue weighted by Crippen LogP contribution is 2.22. The van der Waals surface area contributed by atoms with Crippen molar-refractivity contribution in [2.24, 2.45) is 0 Å². The molecule has 2 heterocycles. The van der Waals surface area contributed by atoms with E-state index < -0.39 is 0 Å². The molecule has 0 radical (unpaired) electrons. The summed E-state index contributed by atoms with van der Waals surface area (Å²) >= 11 is 0. The molecule has 88 valence electrons. The number of hydrogen-bond donors (Lipinski definition) is 1. The van der Waals surface area contributed by atoms with Gasteiger partial charge in [-0.3, -0.25) is 4.98 Å². The van der Waals surface area contributed by atoms with Gasteiger partial charge in [-0.15, -0.1) is 10.2 Å². The predicted octanol–water partition coefficient (Wildman–Crippen LogP) is 2.40. The maximum absolute atomic E-state index is 5.55. The maximum Gasteiger partial charge on any atom is 0.239 e. The predicted molar refractivity (Wildman–Crippen MR) is 68.3 cm³/mol. The Labute approximate surface area is 103 Å². The summed E-state index contributed by atoms with van der Waals surface area (Å²) in [6, 6.07) is 13.0. The smallest absolute Gasteiger partial charge is 0.239 e. The highest BCUT2D eigenvalue weighted by Gasteiger charge is 2.01. The minimum absolute atomic E-state index is 0.360. The third kappa shape index (κ3) is 2.06. The quantitative estimate of drug-likeness (QED) is 0.742. The molecule has 1 aromatic carbocycles. The van der Waals surface area contributed by atoms with Crippen LogP contribution < -0.4 is 10.5 Å². The van der Waals surface area contributed by atoms with Crippen LogP contribution in [0.25, 0.3) is 10.9 Å². The molecule has 3 aromatic rings. The van der Waals surface area contributed by atoms with Crippen LogP contribution in [0, 0.1) is 0 Å². The molecule has 0 unspecified atom stereocenters. The molecule has 0 aliphatic heterocycles. The fourth-order valence-electron chi connectivity index (χ4n) is 1.61. The first-order valence-corrected chi connectivity index (χ1v) is 5.43. The minimum atomic E-state index is 0.360. The van der Waals surface area contributed by atoms with Crippen LogP contribution in [-0.4, -0.2) is 15.2 Å². The van der Waals surface area contributed by atoms with Gasteiger partial charge in [0, 0.05) is 11.5 Å². The molecule has 3 rings (SSSR count). The van der Waals surface area contributed by atoms with E-state index in [9.17, 15) is 0 Å². The summed E-state index contributed by atoms with van der Waals surface area (Å²) in [5, 5.41) is 8.56. The lowest BCUT2D eigenvalue weighted by Gasteiger charge is -2.04. The number of anilines is 1. The summed E-state index contributed by atoms with van der Waals surface area (Å²) in [7, 11) is 0. The standard InChI is InChI=1S/C13H10N4O/c14-12-5-6-13(17-16-12)18-10-7-9-3-1-2-4-11(9)15-8-10/h1-8H,(H2,14,16). The van der Waals surface area contributed by atoms with Crippen LogP contribution in [0.2, 0.25) is 0 Å². The van der Waals surface area contributed by atoms with Gasteiger partial charge < -0.3 is 10.5 Å². The number of hydrogen-bond acceptors (Lipinski definition) is 5. The highest BCUT2D eigenvalue weighted by atomic mass is 16.5. The number of nitrogens with two attached hydrogens (primary N) is 1. The zero-order valence-electron chi connectivity index (χ0n) is 9.45. The van der Waals surface area contributed by atoms with E-state index in [1.54, 1.807) is 18.3 Å². The lowest BCUT2D eigenvalue weighted by Crippen LogP contribution is -1.95. The third-order valence-corrected chi connectivity index (χ3v) is 2.45. The van der Waals surface area contributed by atoms with Crippen LogP contribution in [0.15, 0.2) is 48.7 Å². The maximum atomic E-state index is 5.55. The third-order valence-electron chi connectivity index (χ3n) is 2.45. The Bertz CT molecular complexity index is 682. The molecule has 0 fully saturated rings. The van der Waals surface area contributed by atoms with Crippen LogP contribution in [-0.2, 0) is 0 Å². The molecular weight excluding hydrogens is 228 g/mol. The van der Waals surface area contributed by atoms with Gasteiger partial charge in [0.05, 0.1) is 11.7 Å². The van der Waals surface area contributed by atoms with Crippen LogP contribution in [0.3, 0.4) is 0 Å². The van der Waals surface area contributed by atoms with Crippen molar-refractivity contribution in [1.82, 2.24) is 15.2 Å². The largest absolute Gasteiger partial charge is 0.436 e. The van der Waals surface area contributed by atoms with Crippen LogP contribution in [0.5, 0.6) is 11.6 Å². The average molecular weight is 238 g/mol. The molecule has 5 nitrogen and oxygen atoms in total. The lowest BCUT2D eigenvalue weighted by atomic mass is 10.2. The Kier molecular flexibility index (Phi) is 2.49. The molecule has 2 N–H and O–H groups in total. The van der Waals surface area contributed by atoms with E-state index in [-0.39, 0.29) is 0 Å². The summed E-state index contributed by atoms with van der Waals surface area (Å²) in [5.41, 5.74) is 6.38. The van der Waals surface area contributed by atoms with Crippen molar-refractivity contribution >= 4 is 16.7 Å². The van der Waals surface area contributed by atoms with Crippen LogP contribution in [0.4, 0.5) is 5.82 Å². The minimum Gasteiger partial charge on any atom is -0.436 e. The van der Waals surface area contributed by atoms with E-state index in [4.69, 9.17) is 10.5 Å². The van der Waals surface area contributed by atoms with Gasteiger partial charge in [0.2, 0.25) is 5.88 Å². The van der Waals surface area contributed by atoms with Gasteiger partial charge in [-0.1, -0.05) is 18.2 Å². The van der Waals surface area contributed by atoms with Gasteiger partial charge in [0.1, 0.15) is 11.6 Å². The number of rotatable bonds is 2. The van der Waals surface area contributed by atoms with Crippen molar-refractivity contribution in [3.05, 3.63) is 48.7 Å². The van der Waals surface area contributed by atoms with Gasteiger partial charge in [-0.05, 0) is 18.2 Å². The second-order valence-electron chi connectivity index (χ2n) is 3.76. The van der Waals surface area contributed by atoms with Crippen molar-refractivity contribution in [2.45, 2.75) is 0 Å². The number of nitrogens with zero attached hydrogens (tertiary/aromatic N) is 3. The number of ether oxygens (including phenoxy) is 1. The highest BCUT2D eigenvalue weighted by molar-refractivity contribution is 5.79. The first kappa shape index (κ1) is 10.5. The molecular formula is C13H10N4O. The first-order valence-electron chi connectivity index (χ1n) is 5.43. The van der Waals surface area contributed by atoms with Gasteiger partial charge in [-0.25, -0.2) is 0 Å². The number of nitrogen functional groups attached to an aromatic ring is 1. The summed E-state index contributed by atoms with van der Waals surface area (Å²) in [4.78, 5) is 4.30. The SMILES string of the molecule is Nc1ccc(Oc2cnc3ccccc3c2)nn1. The Morgan fingerprint density at radius 1 is 1.00 bits per heavy atom. The summed E-state index contributed by atoms with van der Waals surface area (Å²) in [6.07, 6.45) is 1.65. The normalized spacial score (nSPS) is 10.4. The molecule has 0 aliphatic rings. The van der Waals surface area contributed by atoms with E-state index in [2.05, 4.69) is 15.2 Å². The summed E-state index contributed by atoms with van der Waals surface area (Å²) < 4.78 is 5.55. The van der Waals surface area contributed by atoms with Crippen LogP contribution in [0.1, 0.15) is 0 Å². The Morgan fingerprint density at radius 2 is 1.89 bits per heavy atom. The monoisotopic (exact) mass is 238 g/mol. The Balaban J connectivity index is 1.92. The molecule has 2 aromatic heterocycles. The first-order chi connectivity index (χ1) is 8.81. The fourth-order valence-corrected chi connectivity index (χ4v) is 1.61. The summed E-state index contributed by atoms with van der Waals surface area (Å²) in [6.45, 7) is 0. The Hall–Kier alpha value is -2.69. The number of aromatic nitrogens is 3. The van der Waals surface area contributed by atoms with Crippen molar-refractivity contribution < 1.29 is 4.74 Å². The van der Waals surface area contributed by atoms with E-state index in [1.165, 1.54) is 0 Å². The number of benzene rings is 1. The zero-order chi connectivity index (χ0) is 12.4. The van der Waals surface area contributed by atoms with E-state index in [0.717, 1.165) is 10.9 Å². The molecule has 5 heteroatoms. The van der Waals surface area contributed by atoms with Gasteiger partial charge in [0.25, 0.3) is 0 Å². The van der Waals surface area contributed by atoms with Gasteiger partial charge in [0.15, 0.2) is 0 Å². The van der Waals surface area contributed by atoms with Crippen molar-refractivity contribution in [1.29, 1.82) is 0 Å². The number of para-hydroxylation sites is 1. The average Bonchev–Trinajstić information content (AvgIpc) is 2.41. The number of fused-ring (bicyclic) bond motifs is 1. The van der Waals surface area contributed by atoms with Gasteiger partial charge in [-0.2, -0.15) is 0 Å². The topological polar surface area (TPSA) is 73.9 Å². The van der Waals surface area contributed by atoms with Crippen LogP contribution >= 0.6 is 0 Å². The molecule has 0 bridgehead atoms. The second-order valence-corrected chi connectivity index (χ2v) is 3.76. The van der Waals surface area contributed by atoms with E-state index in [1.807, 2.05) is 30.3 Å². The number of pyridine rings is 1. The summed E-state index contributed by atoms with van der Waals surface area (Å²) in [5.74, 6) is 1.37.